The van der Waals surface area contributed by atoms with Crippen molar-refractivity contribution in [1.82, 2.24) is 0 Å². The first kappa shape index (κ1) is 19.6. The molecule has 27 heavy (non-hydrogen) atoms. The van der Waals surface area contributed by atoms with Crippen LogP contribution < -0.4 is 4.74 Å². The lowest BCUT2D eigenvalue weighted by Gasteiger charge is -2.27. The molecule has 1 aliphatic carbocycles. The van der Waals surface area contributed by atoms with Gasteiger partial charge in [0.2, 0.25) is 0 Å². The standard InChI is InChI=1S/C23H26F2O2/c1-26-16-2-3-17-4-6-18(7-5-17)19-8-10-20(11-9-19)21-12-14-22(15-13-21)27-23(24)25/h2-3,8-15,17-18,23H,4-7,16H2,1H3/b3-2+/t17-,18-. The highest BCUT2D eigenvalue weighted by molar-refractivity contribution is 5.64. The van der Waals surface area contributed by atoms with Crippen LogP contribution in [-0.2, 0) is 4.74 Å². The Balaban J connectivity index is 1.58. The maximum Gasteiger partial charge on any atom is 0.387 e. The topological polar surface area (TPSA) is 18.5 Å². The maximum absolute atomic E-state index is 12.2. The van der Waals surface area contributed by atoms with Gasteiger partial charge < -0.3 is 9.47 Å². The van der Waals surface area contributed by atoms with Gasteiger partial charge in [0, 0.05) is 7.11 Å². The van der Waals surface area contributed by atoms with E-state index in [2.05, 4.69) is 41.2 Å². The molecule has 0 atom stereocenters. The van der Waals surface area contributed by atoms with E-state index < -0.39 is 6.61 Å². The molecule has 0 amide bonds. The zero-order valence-corrected chi connectivity index (χ0v) is 15.6. The Hall–Kier alpha value is -2.20. The third kappa shape index (κ3) is 5.64. The summed E-state index contributed by atoms with van der Waals surface area (Å²) in [5.74, 6) is 1.47. The molecule has 1 aliphatic rings. The molecule has 4 heteroatoms. The molecule has 0 N–H and O–H groups in total. The lowest BCUT2D eigenvalue weighted by Crippen LogP contribution is -2.11. The molecule has 2 aromatic carbocycles. The van der Waals surface area contributed by atoms with Crippen molar-refractivity contribution in [1.29, 1.82) is 0 Å². The van der Waals surface area contributed by atoms with Gasteiger partial charge in [0.25, 0.3) is 0 Å². The molecule has 0 spiro atoms. The van der Waals surface area contributed by atoms with Crippen LogP contribution in [0.5, 0.6) is 5.75 Å². The van der Waals surface area contributed by atoms with Gasteiger partial charge >= 0.3 is 6.61 Å². The van der Waals surface area contributed by atoms with Crippen LogP contribution in [-0.4, -0.2) is 20.3 Å². The number of methoxy groups -OCH3 is 1. The second-order valence-corrected chi connectivity index (χ2v) is 7.02. The van der Waals surface area contributed by atoms with E-state index in [4.69, 9.17) is 4.74 Å². The molecule has 144 valence electrons. The number of allylic oxidation sites excluding steroid dienone is 1. The van der Waals surface area contributed by atoms with E-state index >= 15 is 0 Å². The number of hydrogen-bond acceptors (Lipinski definition) is 2. The minimum atomic E-state index is -2.79. The summed E-state index contributed by atoms with van der Waals surface area (Å²) < 4.78 is 33.9. The number of hydrogen-bond donors (Lipinski definition) is 0. The highest BCUT2D eigenvalue weighted by atomic mass is 19.3. The van der Waals surface area contributed by atoms with E-state index in [9.17, 15) is 8.78 Å². The molecule has 0 saturated heterocycles. The van der Waals surface area contributed by atoms with Crippen LogP contribution in [0, 0.1) is 5.92 Å². The molecule has 1 fully saturated rings. The van der Waals surface area contributed by atoms with Crippen LogP contribution in [0.25, 0.3) is 11.1 Å². The Morgan fingerprint density at radius 1 is 0.926 bits per heavy atom. The normalized spacial score (nSPS) is 20.3. The largest absolute Gasteiger partial charge is 0.435 e. The zero-order chi connectivity index (χ0) is 19.1. The molecule has 1 saturated carbocycles. The smallest absolute Gasteiger partial charge is 0.387 e. The van der Waals surface area contributed by atoms with E-state index in [0.29, 0.717) is 18.4 Å². The molecule has 0 bridgehead atoms. The number of halogens is 2. The van der Waals surface area contributed by atoms with Crippen molar-refractivity contribution in [3.05, 3.63) is 66.2 Å². The van der Waals surface area contributed by atoms with Crippen LogP contribution >= 0.6 is 0 Å². The number of alkyl halides is 2. The fourth-order valence-corrected chi connectivity index (χ4v) is 3.77. The van der Waals surface area contributed by atoms with Gasteiger partial charge in [0.05, 0.1) is 6.61 Å². The Labute approximate surface area is 159 Å². The van der Waals surface area contributed by atoms with Gasteiger partial charge in [-0.25, -0.2) is 0 Å². The van der Waals surface area contributed by atoms with Crippen LogP contribution in [0.15, 0.2) is 60.7 Å². The summed E-state index contributed by atoms with van der Waals surface area (Å²) in [6.45, 7) is -2.10. The first-order valence-corrected chi connectivity index (χ1v) is 9.46. The van der Waals surface area contributed by atoms with Crippen LogP contribution in [0.4, 0.5) is 8.78 Å². The molecule has 2 nitrogen and oxygen atoms in total. The Bertz CT molecular complexity index is 715. The van der Waals surface area contributed by atoms with E-state index in [1.807, 2.05) is 12.1 Å². The highest BCUT2D eigenvalue weighted by Crippen LogP contribution is 2.37. The fourth-order valence-electron chi connectivity index (χ4n) is 3.77. The van der Waals surface area contributed by atoms with Crippen molar-refractivity contribution < 1.29 is 18.3 Å². The third-order valence-electron chi connectivity index (χ3n) is 5.24. The fraction of sp³-hybridized carbons (Fsp3) is 0.391. The van der Waals surface area contributed by atoms with Crippen molar-refractivity contribution in [3.8, 4) is 16.9 Å². The van der Waals surface area contributed by atoms with Crippen molar-refractivity contribution in [2.45, 2.75) is 38.2 Å². The summed E-state index contributed by atoms with van der Waals surface area (Å²) in [4.78, 5) is 0. The quantitative estimate of drug-likeness (QED) is 0.521. The highest BCUT2D eigenvalue weighted by Gasteiger charge is 2.20. The number of ether oxygens (including phenoxy) is 2. The minimum Gasteiger partial charge on any atom is -0.435 e. The first-order chi connectivity index (χ1) is 13.2. The van der Waals surface area contributed by atoms with Gasteiger partial charge in [0.1, 0.15) is 5.75 Å². The second-order valence-electron chi connectivity index (χ2n) is 7.02. The lowest BCUT2D eigenvalue weighted by atomic mass is 9.78. The molecule has 0 aliphatic heterocycles. The lowest BCUT2D eigenvalue weighted by molar-refractivity contribution is -0.0498. The average Bonchev–Trinajstić information content (AvgIpc) is 2.69. The monoisotopic (exact) mass is 372 g/mol. The summed E-state index contributed by atoms with van der Waals surface area (Å²) in [5, 5.41) is 0. The Morgan fingerprint density at radius 3 is 2.07 bits per heavy atom. The van der Waals surface area contributed by atoms with Crippen molar-refractivity contribution >= 4 is 0 Å². The molecule has 0 heterocycles. The summed E-state index contributed by atoms with van der Waals surface area (Å²) in [6, 6.07) is 15.4. The van der Waals surface area contributed by atoms with Gasteiger partial charge in [-0.1, -0.05) is 48.6 Å². The number of rotatable bonds is 7. The van der Waals surface area contributed by atoms with Crippen molar-refractivity contribution in [3.63, 3.8) is 0 Å². The molecule has 2 aromatic rings. The van der Waals surface area contributed by atoms with E-state index in [1.54, 1.807) is 19.2 Å². The van der Waals surface area contributed by atoms with Gasteiger partial charge in [0.15, 0.2) is 0 Å². The van der Waals surface area contributed by atoms with Gasteiger partial charge in [-0.05, 0) is 66.3 Å². The average molecular weight is 372 g/mol. The molecular formula is C23H26F2O2. The van der Waals surface area contributed by atoms with Gasteiger partial charge in [-0.15, -0.1) is 0 Å². The minimum absolute atomic E-state index is 0.182. The van der Waals surface area contributed by atoms with E-state index in [0.717, 1.165) is 11.1 Å². The van der Waals surface area contributed by atoms with Crippen LogP contribution in [0.1, 0.15) is 37.2 Å². The van der Waals surface area contributed by atoms with Crippen molar-refractivity contribution in [2.24, 2.45) is 5.92 Å². The molecular weight excluding hydrogens is 346 g/mol. The number of benzene rings is 2. The summed E-state index contributed by atoms with van der Waals surface area (Å²) >= 11 is 0. The molecule has 0 radical (unpaired) electrons. The first-order valence-electron chi connectivity index (χ1n) is 9.46. The predicted molar refractivity (Wildman–Crippen MR) is 104 cm³/mol. The van der Waals surface area contributed by atoms with E-state index in [-0.39, 0.29) is 5.75 Å². The maximum atomic E-state index is 12.2. The molecule has 0 aromatic heterocycles. The predicted octanol–water partition coefficient (Wildman–Crippen LogP) is 6.43. The van der Waals surface area contributed by atoms with Gasteiger partial charge in [-0.3, -0.25) is 0 Å². The van der Waals surface area contributed by atoms with E-state index in [1.165, 1.54) is 31.2 Å². The summed E-state index contributed by atoms with van der Waals surface area (Å²) in [7, 11) is 1.72. The second kappa shape index (κ2) is 9.65. The van der Waals surface area contributed by atoms with Crippen molar-refractivity contribution in [2.75, 3.05) is 13.7 Å². The van der Waals surface area contributed by atoms with Crippen LogP contribution in [0.2, 0.25) is 0 Å². The Kier molecular flexibility index (Phi) is 6.99. The Morgan fingerprint density at radius 2 is 1.52 bits per heavy atom. The SMILES string of the molecule is COC/C=C/[C@H]1CC[C@H](c2ccc(-c3ccc(OC(F)F)cc3)cc2)CC1. The van der Waals surface area contributed by atoms with Gasteiger partial charge in [-0.2, -0.15) is 8.78 Å². The molecule has 0 unspecified atom stereocenters. The molecule has 3 rings (SSSR count). The zero-order valence-electron chi connectivity index (χ0n) is 15.6. The summed E-state index contributed by atoms with van der Waals surface area (Å²) in [6.07, 6.45) is 9.28. The summed E-state index contributed by atoms with van der Waals surface area (Å²) in [5.41, 5.74) is 3.46. The third-order valence-corrected chi connectivity index (χ3v) is 5.24. The van der Waals surface area contributed by atoms with Crippen LogP contribution in [0.3, 0.4) is 0 Å².